The number of hydrogen-bond donors (Lipinski definition) is 1. The first-order chi connectivity index (χ1) is 6.31. The first kappa shape index (κ1) is 14.4. The molecule has 9 heteroatoms. The van der Waals surface area contributed by atoms with Crippen molar-refractivity contribution in [3.8, 4) is 0 Å². The van der Waals surface area contributed by atoms with E-state index in [0.717, 1.165) is 0 Å². The van der Waals surface area contributed by atoms with Gasteiger partial charge in [0.25, 0.3) is 5.92 Å². The van der Waals surface area contributed by atoms with Gasteiger partial charge >= 0.3 is 18.0 Å². The molecular formula is C6H6F8O. The summed E-state index contributed by atoms with van der Waals surface area (Å²) >= 11 is 0. The summed E-state index contributed by atoms with van der Waals surface area (Å²) in [5, 5.41) is 8.21. The molecule has 0 saturated heterocycles. The quantitative estimate of drug-likeness (QED) is 0.743. The SMILES string of the molecule is CCC(F)(F)C(O)(C(F)(F)F)C(F)(F)F. The van der Waals surface area contributed by atoms with Crippen molar-refractivity contribution in [1.82, 2.24) is 0 Å². The predicted octanol–water partition coefficient (Wildman–Crippen LogP) is 2.89. The molecule has 1 nitrogen and oxygen atoms in total. The lowest BCUT2D eigenvalue weighted by molar-refractivity contribution is -0.422. The Morgan fingerprint density at radius 3 is 1.13 bits per heavy atom. The van der Waals surface area contributed by atoms with E-state index in [9.17, 15) is 35.1 Å². The summed E-state index contributed by atoms with van der Waals surface area (Å²) in [6.45, 7) is 0.405. The maximum atomic E-state index is 12.5. The van der Waals surface area contributed by atoms with Gasteiger partial charge in [-0.3, -0.25) is 0 Å². The lowest BCUT2D eigenvalue weighted by Crippen LogP contribution is -2.67. The molecule has 0 aromatic carbocycles. The standard InChI is InChI=1S/C6H6F8O/c1-2-3(7,8)4(15,5(9,10)11)6(12,13)14/h15H,2H2,1H3. The van der Waals surface area contributed by atoms with Crippen LogP contribution >= 0.6 is 0 Å². The zero-order chi connectivity index (χ0) is 12.7. The van der Waals surface area contributed by atoms with Crippen LogP contribution in [-0.2, 0) is 0 Å². The van der Waals surface area contributed by atoms with Crippen molar-refractivity contribution < 1.29 is 40.2 Å². The van der Waals surface area contributed by atoms with Crippen molar-refractivity contribution in [2.75, 3.05) is 0 Å². The molecule has 0 atom stereocenters. The van der Waals surface area contributed by atoms with Crippen LogP contribution in [0.4, 0.5) is 35.1 Å². The Morgan fingerprint density at radius 2 is 1.07 bits per heavy atom. The molecule has 0 aliphatic rings. The van der Waals surface area contributed by atoms with E-state index < -0.39 is 30.3 Å². The third kappa shape index (κ3) is 2.01. The largest absolute Gasteiger partial charge is 0.432 e. The molecule has 0 aromatic heterocycles. The molecule has 0 heterocycles. The fraction of sp³-hybridized carbons (Fsp3) is 1.00. The average molecular weight is 246 g/mol. The van der Waals surface area contributed by atoms with Crippen LogP contribution in [0, 0.1) is 0 Å². The maximum absolute atomic E-state index is 12.5. The van der Waals surface area contributed by atoms with Crippen LogP contribution in [-0.4, -0.2) is 29.0 Å². The highest BCUT2D eigenvalue weighted by atomic mass is 19.4. The molecule has 0 bridgehead atoms. The minimum atomic E-state index is -6.50. The van der Waals surface area contributed by atoms with Crippen molar-refractivity contribution >= 4 is 0 Å². The third-order valence-corrected chi connectivity index (χ3v) is 1.79. The first-order valence-corrected chi connectivity index (χ1v) is 3.55. The Hall–Kier alpha value is -0.600. The highest BCUT2D eigenvalue weighted by Crippen LogP contribution is 2.52. The van der Waals surface area contributed by atoms with E-state index in [0.29, 0.717) is 6.92 Å². The second-order valence-corrected chi connectivity index (χ2v) is 2.76. The Labute approximate surface area is 78.7 Å². The minimum absolute atomic E-state index is 0.405. The molecule has 0 spiro atoms. The molecule has 0 unspecified atom stereocenters. The average Bonchev–Trinajstić information content (AvgIpc) is 1.98. The van der Waals surface area contributed by atoms with E-state index in [2.05, 4.69) is 0 Å². The summed E-state index contributed by atoms with van der Waals surface area (Å²) in [6, 6.07) is 0. The van der Waals surface area contributed by atoms with Crippen LogP contribution in [0.15, 0.2) is 0 Å². The summed E-state index contributed by atoms with van der Waals surface area (Å²) in [7, 11) is 0. The molecule has 0 aliphatic carbocycles. The number of alkyl halides is 8. The molecule has 0 rings (SSSR count). The highest BCUT2D eigenvalue weighted by molar-refractivity contribution is 5.04. The second-order valence-electron chi connectivity index (χ2n) is 2.76. The molecule has 92 valence electrons. The van der Waals surface area contributed by atoms with Crippen molar-refractivity contribution in [3.63, 3.8) is 0 Å². The van der Waals surface area contributed by atoms with Crippen molar-refractivity contribution in [1.29, 1.82) is 0 Å². The van der Waals surface area contributed by atoms with Crippen LogP contribution < -0.4 is 0 Å². The zero-order valence-corrected chi connectivity index (χ0v) is 7.18. The van der Waals surface area contributed by atoms with E-state index >= 15 is 0 Å². The Bertz CT molecular complexity index is 212. The normalized spacial score (nSPS) is 15.6. The van der Waals surface area contributed by atoms with Crippen LogP contribution in [0.2, 0.25) is 0 Å². The van der Waals surface area contributed by atoms with Crippen molar-refractivity contribution in [2.45, 2.75) is 37.2 Å². The number of aliphatic hydroxyl groups is 1. The molecule has 0 fully saturated rings. The van der Waals surface area contributed by atoms with Gasteiger partial charge in [-0.25, -0.2) is 8.78 Å². The Kier molecular flexibility index (Phi) is 3.32. The van der Waals surface area contributed by atoms with Gasteiger partial charge in [-0.05, 0) is 0 Å². The van der Waals surface area contributed by atoms with E-state index in [1.165, 1.54) is 0 Å². The lowest BCUT2D eigenvalue weighted by Gasteiger charge is -2.37. The maximum Gasteiger partial charge on any atom is 0.432 e. The van der Waals surface area contributed by atoms with Gasteiger partial charge in [0.2, 0.25) is 0 Å². The zero-order valence-electron chi connectivity index (χ0n) is 7.18. The van der Waals surface area contributed by atoms with Gasteiger partial charge < -0.3 is 5.11 Å². The summed E-state index contributed by atoms with van der Waals surface area (Å²) in [6.07, 6.45) is -14.8. The molecule has 0 amide bonds. The fourth-order valence-electron chi connectivity index (χ4n) is 0.831. The lowest BCUT2D eigenvalue weighted by atomic mass is 9.92. The number of halogens is 8. The highest BCUT2D eigenvalue weighted by Gasteiger charge is 2.81. The summed E-state index contributed by atoms with van der Waals surface area (Å²) in [5.74, 6) is -5.33. The van der Waals surface area contributed by atoms with Crippen LogP contribution in [0.25, 0.3) is 0 Å². The van der Waals surface area contributed by atoms with Crippen molar-refractivity contribution in [3.05, 3.63) is 0 Å². The van der Waals surface area contributed by atoms with Gasteiger partial charge in [-0.1, -0.05) is 6.92 Å². The van der Waals surface area contributed by atoms with Crippen LogP contribution in [0.1, 0.15) is 13.3 Å². The second kappa shape index (κ2) is 3.46. The summed E-state index contributed by atoms with van der Waals surface area (Å²) in [5.41, 5.74) is -6.01. The van der Waals surface area contributed by atoms with E-state index in [4.69, 9.17) is 5.11 Å². The van der Waals surface area contributed by atoms with Crippen LogP contribution in [0.5, 0.6) is 0 Å². The van der Waals surface area contributed by atoms with E-state index in [1.54, 1.807) is 0 Å². The van der Waals surface area contributed by atoms with Gasteiger partial charge in [0.15, 0.2) is 0 Å². The Balaban J connectivity index is 5.65. The topological polar surface area (TPSA) is 20.2 Å². The molecule has 0 aliphatic heterocycles. The Morgan fingerprint density at radius 1 is 0.800 bits per heavy atom. The molecule has 0 saturated carbocycles. The summed E-state index contributed by atoms with van der Waals surface area (Å²) < 4.78 is 96.0. The molecule has 15 heavy (non-hydrogen) atoms. The molecular weight excluding hydrogens is 240 g/mol. The van der Waals surface area contributed by atoms with E-state index in [-0.39, 0.29) is 0 Å². The molecule has 0 aromatic rings. The van der Waals surface area contributed by atoms with Gasteiger partial charge in [-0.2, -0.15) is 26.3 Å². The minimum Gasteiger partial charge on any atom is -0.369 e. The van der Waals surface area contributed by atoms with Gasteiger partial charge in [-0.15, -0.1) is 0 Å². The number of rotatable bonds is 2. The third-order valence-electron chi connectivity index (χ3n) is 1.79. The van der Waals surface area contributed by atoms with Gasteiger partial charge in [0.1, 0.15) is 0 Å². The first-order valence-electron chi connectivity index (χ1n) is 3.55. The predicted molar refractivity (Wildman–Crippen MR) is 32.3 cm³/mol. The van der Waals surface area contributed by atoms with E-state index in [1.807, 2.05) is 0 Å². The van der Waals surface area contributed by atoms with Crippen LogP contribution in [0.3, 0.4) is 0 Å². The summed E-state index contributed by atoms with van der Waals surface area (Å²) in [4.78, 5) is 0. The number of hydrogen-bond acceptors (Lipinski definition) is 1. The fourth-order valence-corrected chi connectivity index (χ4v) is 0.831. The van der Waals surface area contributed by atoms with Crippen molar-refractivity contribution in [2.24, 2.45) is 0 Å². The monoisotopic (exact) mass is 246 g/mol. The van der Waals surface area contributed by atoms with Gasteiger partial charge in [0.05, 0.1) is 0 Å². The smallest absolute Gasteiger partial charge is 0.369 e. The molecule has 1 N–H and O–H groups in total. The molecule has 0 radical (unpaired) electrons. The van der Waals surface area contributed by atoms with Gasteiger partial charge in [0, 0.05) is 6.42 Å².